The third-order valence-electron chi connectivity index (χ3n) is 4.19. The van der Waals surface area contributed by atoms with E-state index in [4.69, 9.17) is 5.11 Å². The van der Waals surface area contributed by atoms with Gasteiger partial charge in [0.1, 0.15) is 0 Å². The molecule has 0 bridgehead atoms. The van der Waals surface area contributed by atoms with Crippen molar-refractivity contribution in [2.24, 2.45) is 5.41 Å². The summed E-state index contributed by atoms with van der Waals surface area (Å²) in [4.78, 5) is 15.1. The summed E-state index contributed by atoms with van der Waals surface area (Å²) in [5.74, 6) is -0.717. The Morgan fingerprint density at radius 1 is 1.44 bits per heavy atom. The van der Waals surface area contributed by atoms with Crippen LogP contribution in [0.4, 0.5) is 0 Å². The maximum Gasteiger partial charge on any atom is 0.317 e. The van der Waals surface area contributed by atoms with E-state index in [0.717, 1.165) is 32.5 Å². The molecule has 1 aliphatic heterocycles. The van der Waals surface area contributed by atoms with Crippen LogP contribution in [0.25, 0.3) is 0 Å². The molecular formula is C14H28N2O2. The highest BCUT2D eigenvalue weighted by molar-refractivity contribution is 5.69. The lowest BCUT2D eigenvalue weighted by atomic mass is 9.85. The van der Waals surface area contributed by atoms with Crippen LogP contribution in [0.3, 0.4) is 0 Å². The maximum absolute atomic E-state index is 10.7. The molecule has 0 aromatic heterocycles. The molecule has 0 aromatic rings. The first kappa shape index (κ1) is 15.4. The van der Waals surface area contributed by atoms with Crippen molar-refractivity contribution in [1.82, 2.24) is 9.80 Å². The number of carbonyl (C=O) groups is 1. The second kappa shape index (κ2) is 5.57. The van der Waals surface area contributed by atoms with E-state index in [-0.39, 0.29) is 17.5 Å². The van der Waals surface area contributed by atoms with Crippen molar-refractivity contribution in [3.63, 3.8) is 0 Å². The van der Waals surface area contributed by atoms with Gasteiger partial charge in [0, 0.05) is 12.1 Å². The molecular weight excluding hydrogens is 228 g/mol. The first-order valence-electron chi connectivity index (χ1n) is 6.78. The molecule has 18 heavy (non-hydrogen) atoms. The standard InChI is InChI=1S/C14H28N2O2/c1-13(2,3)15(5)8-6-14(4)7-9-16(11-14)10-12(17)18/h6-11H2,1-5H3,(H,17,18). The molecule has 1 rings (SSSR count). The monoisotopic (exact) mass is 256 g/mol. The van der Waals surface area contributed by atoms with Crippen LogP contribution in [-0.4, -0.2) is 59.6 Å². The van der Waals surface area contributed by atoms with E-state index in [1.54, 1.807) is 0 Å². The number of carboxylic acids is 1. The number of rotatable bonds is 5. The molecule has 106 valence electrons. The molecule has 4 heteroatoms. The lowest BCUT2D eigenvalue weighted by Crippen LogP contribution is -2.40. The van der Waals surface area contributed by atoms with Crippen LogP contribution in [-0.2, 0) is 4.79 Å². The highest BCUT2D eigenvalue weighted by atomic mass is 16.4. The van der Waals surface area contributed by atoms with E-state index in [0.29, 0.717) is 0 Å². The Balaban J connectivity index is 2.41. The SMILES string of the molecule is CN(CCC1(C)CCN(CC(=O)O)C1)C(C)(C)C. The highest BCUT2D eigenvalue weighted by Crippen LogP contribution is 2.33. The van der Waals surface area contributed by atoms with E-state index in [2.05, 4.69) is 44.5 Å². The van der Waals surface area contributed by atoms with Crippen molar-refractivity contribution in [2.75, 3.05) is 33.2 Å². The number of hydrogen-bond acceptors (Lipinski definition) is 3. The Kier molecular flexibility index (Phi) is 4.78. The van der Waals surface area contributed by atoms with Crippen LogP contribution >= 0.6 is 0 Å². The zero-order chi connectivity index (χ0) is 14.0. The largest absolute Gasteiger partial charge is 0.480 e. The third kappa shape index (κ3) is 4.58. The summed E-state index contributed by atoms with van der Waals surface area (Å²) in [5.41, 5.74) is 0.477. The van der Waals surface area contributed by atoms with Gasteiger partial charge in [-0.25, -0.2) is 0 Å². The van der Waals surface area contributed by atoms with Gasteiger partial charge in [-0.15, -0.1) is 0 Å². The number of hydrogen-bond donors (Lipinski definition) is 1. The first-order chi connectivity index (χ1) is 8.12. The molecule has 1 unspecified atom stereocenters. The molecule has 0 spiro atoms. The highest BCUT2D eigenvalue weighted by Gasteiger charge is 2.34. The van der Waals surface area contributed by atoms with Gasteiger partial charge in [-0.3, -0.25) is 9.69 Å². The van der Waals surface area contributed by atoms with Gasteiger partial charge in [-0.05, 0) is 59.2 Å². The van der Waals surface area contributed by atoms with Gasteiger partial charge in [0.2, 0.25) is 0 Å². The van der Waals surface area contributed by atoms with Crippen LogP contribution in [0.5, 0.6) is 0 Å². The summed E-state index contributed by atoms with van der Waals surface area (Å²) >= 11 is 0. The average molecular weight is 256 g/mol. The Labute approximate surface area is 111 Å². The quantitative estimate of drug-likeness (QED) is 0.816. The summed E-state index contributed by atoms with van der Waals surface area (Å²) in [7, 11) is 2.16. The van der Waals surface area contributed by atoms with Crippen molar-refractivity contribution in [1.29, 1.82) is 0 Å². The molecule has 4 nitrogen and oxygen atoms in total. The third-order valence-corrected chi connectivity index (χ3v) is 4.19. The van der Waals surface area contributed by atoms with Gasteiger partial charge in [0.05, 0.1) is 6.54 Å². The molecule has 0 amide bonds. The normalized spacial score (nSPS) is 25.9. The molecule has 0 saturated carbocycles. The molecule has 1 aliphatic rings. The zero-order valence-electron chi connectivity index (χ0n) is 12.5. The fraction of sp³-hybridized carbons (Fsp3) is 0.929. The Morgan fingerprint density at radius 2 is 2.06 bits per heavy atom. The molecule has 0 aromatic carbocycles. The van der Waals surface area contributed by atoms with Gasteiger partial charge in [-0.2, -0.15) is 0 Å². The number of likely N-dealkylation sites (tertiary alicyclic amines) is 1. The van der Waals surface area contributed by atoms with E-state index in [9.17, 15) is 4.79 Å². The van der Waals surface area contributed by atoms with Crippen LogP contribution in [0, 0.1) is 5.41 Å². The van der Waals surface area contributed by atoms with Crippen molar-refractivity contribution in [3.8, 4) is 0 Å². The number of aliphatic carboxylic acids is 1. The molecule has 1 heterocycles. The van der Waals surface area contributed by atoms with Crippen molar-refractivity contribution in [3.05, 3.63) is 0 Å². The van der Waals surface area contributed by atoms with Gasteiger partial charge in [0.15, 0.2) is 0 Å². The summed E-state index contributed by atoms with van der Waals surface area (Å²) in [6, 6.07) is 0. The average Bonchev–Trinajstić information content (AvgIpc) is 2.55. The molecule has 0 aliphatic carbocycles. The predicted octanol–water partition coefficient (Wildman–Crippen LogP) is 1.90. The maximum atomic E-state index is 10.7. The van der Waals surface area contributed by atoms with Crippen molar-refractivity contribution < 1.29 is 9.90 Å². The first-order valence-corrected chi connectivity index (χ1v) is 6.78. The smallest absolute Gasteiger partial charge is 0.317 e. The van der Waals surface area contributed by atoms with E-state index >= 15 is 0 Å². The van der Waals surface area contributed by atoms with Gasteiger partial charge in [0.25, 0.3) is 0 Å². The minimum Gasteiger partial charge on any atom is -0.480 e. The Hall–Kier alpha value is -0.610. The van der Waals surface area contributed by atoms with Crippen LogP contribution in [0.1, 0.15) is 40.5 Å². The second-order valence-corrected chi connectivity index (χ2v) is 7.01. The van der Waals surface area contributed by atoms with Gasteiger partial charge >= 0.3 is 5.97 Å². The fourth-order valence-corrected chi connectivity index (χ4v) is 2.43. The predicted molar refractivity (Wildman–Crippen MR) is 73.8 cm³/mol. The topological polar surface area (TPSA) is 43.8 Å². The lowest BCUT2D eigenvalue weighted by Gasteiger charge is -2.35. The van der Waals surface area contributed by atoms with Crippen LogP contribution in [0.15, 0.2) is 0 Å². The fourth-order valence-electron chi connectivity index (χ4n) is 2.43. The molecule has 1 atom stereocenters. The molecule has 0 radical (unpaired) electrons. The molecule has 1 N–H and O–H groups in total. The number of nitrogens with zero attached hydrogens (tertiary/aromatic N) is 2. The van der Waals surface area contributed by atoms with E-state index in [1.807, 2.05) is 0 Å². The molecule has 1 fully saturated rings. The minimum atomic E-state index is -0.717. The number of carboxylic acid groups (broad SMARTS) is 1. The second-order valence-electron chi connectivity index (χ2n) is 7.01. The van der Waals surface area contributed by atoms with Crippen molar-refractivity contribution in [2.45, 2.75) is 46.1 Å². The summed E-state index contributed by atoms with van der Waals surface area (Å²) < 4.78 is 0. The van der Waals surface area contributed by atoms with Gasteiger partial charge < -0.3 is 10.0 Å². The van der Waals surface area contributed by atoms with Gasteiger partial charge in [-0.1, -0.05) is 6.92 Å². The van der Waals surface area contributed by atoms with Crippen LogP contribution in [0.2, 0.25) is 0 Å². The Morgan fingerprint density at radius 3 is 2.56 bits per heavy atom. The summed E-state index contributed by atoms with van der Waals surface area (Å²) in [6.45, 7) is 12.0. The van der Waals surface area contributed by atoms with Crippen molar-refractivity contribution >= 4 is 5.97 Å². The van der Waals surface area contributed by atoms with E-state index in [1.165, 1.54) is 0 Å². The summed E-state index contributed by atoms with van der Waals surface area (Å²) in [5, 5.41) is 8.82. The Bertz CT molecular complexity index is 299. The zero-order valence-corrected chi connectivity index (χ0v) is 12.5. The van der Waals surface area contributed by atoms with Crippen LogP contribution < -0.4 is 0 Å². The molecule has 1 saturated heterocycles. The lowest BCUT2D eigenvalue weighted by molar-refractivity contribution is -0.138. The van der Waals surface area contributed by atoms with E-state index < -0.39 is 5.97 Å². The minimum absolute atomic E-state index is 0.185. The summed E-state index contributed by atoms with van der Waals surface area (Å²) in [6.07, 6.45) is 2.25.